The number of aliphatic hydroxyl groups excluding tert-OH is 1. The molecule has 1 heterocycles. The van der Waals surface area contributed by atoms with Gasteiger partial charge in [-0.1, -0.05) is 12.1 Å². The summed E-state index contributed by atoms with van der Waals surface area (Å²) < 4.78 is 12.9. The van der Waals surface area contributed by atoms with Gasteiger partial charge in [-0.05, 0) is 43.9 Å². The lowest BCUT2D eigenvalue weighted by molar-refractivity contribution is -0.134. The Labute approximate surface area is 141 Å². The minimum atomic E-state index is -0.750. The van der Waals surface area contributed by atoms with Gasteiger partial charge in [-0.2, -0.15) is 0 Å². The molecule has 1 saturated heterocycles. The molecule has 1 aliphatic heterocycles. The molecule has 2 rings (SSSR count). The molecule has 0 saturated carbocycles. The van der Waals surface area contributed by atoms with Gasteiger partial charge in [-0.15, -0.1) is 0 Å². The lowest BCUT2D eigenvalue weighted by Crippen LogP contribution is -2.44. The van der Waals surface area contributed by atoms with Gasteiger partial charge in [-0.25, -0.2) is 4.39 Å². The van der Waals surface area contributed by atoms with E-state index >= 15 is 0 Å². The molecule has 1 aromatic rings. The number of benzene rings is 1. The van der Waals surface area contributed by atoms with Crippen LogP contribution in [-0.2, 0) is 9.59 Å². The average molecular weight is 336 g/mol. The molecule has 132 valence electrons. The van der Waals surface area contributed by atoms with Crippen LogP contribution in [0.15, 0.2) is 24.3 Å². The Bertz CT molecular complexity index is 568. The Balaban J connectivity index is 1.79. The molecule has 6 heteroatoms. The third-order valence-corrected chi connectivity index (χ3v) is 4.53. The van der Waals surface area contributed by atoms with E-state index in [1.807, 2.05) is 6.92 Å². The molecular formula is C18H25FN2O3. The average Bonchev–Trinajstić information content (AvgIpc) is 2.55. The highest BCUT2D eigenvalue weighted by molar-refractivity contribution is 5.79. The number of nitrogens with one attached hydrogen (secondary N) is 1. The number of nitrogens with zero attached hydrogens (tertiary/aromatic N) is 1. The first-order valence-corrected chi connectivity index (χ1v) is 8.36. The van der Waals surface area contributed by atoms with Gasteiger partial charge in [0.05, 0.1) is 6.10 Å². The first-order valence-electron chi connectivity index (χ1n) is 8.36. The zero-order valence-electron chi connectivity index (χ0n) is 14.2. The number of piperidine rings is 1. The van der Waals surface area contributed by atoms with Crippen molar-refractivity contribution in [2.45, 2.75) is 45.3 Å². The van der Waals surface area contributed by atoms with Gasteiger partial charge in [0.15, 0.2) is 0 Å². The molecule has 1 fully saturated rings. The molecule has 0 aliphatic carbocycles. The summed E-state index contributed by atoms with van der Waals surface area (Å²) in [5.74, 6) is -0.420. The van der Waals surface area contributed by atoms with Crippen LogP contribution in [0.1, 0.15) is 44.8 Å². The molecule has 1 aliphatic rings. The number of halogens is 1. The maximum atomic E-state index is 12.9. The van der Waals surface area contributed by atoms with Gasteiger partial charge in [0, 0.05) is 32.0 Å². The second kappa shape index (κ2) is 8.24. The number of carbonyl (C=O) groups is 2. The van der Waals surface area contributed by atoms with Crippen molar-refractivity contribution in [2.75, 3.05) is 13.1 Å². The lowest BCUT2D eigenvalue weighted by atomic mass is 9.95. The Morgan fingerprint density at radius 3 is 2.42 bits per heavy atom. The monoisotopic (exact) mass is 336 g/mol. The van der Waals surface area contributed by atoms with Crippen molar-refractivity contribution in [2.24, 2.45) is 5.92 Å². The van der Waals surface area contributed by atoms with Crippen LogP contribution in [-0.4, -0.2) is 41.0 Å². The minimum absolute atomic E-state index is 0.0305. The lowest BCUT2D eigenvalue weighted by Gasteiger charge is -2.31. The van der Waals surface area contributed by atoms with Gasteiger partial charge < -0.3 is 15.3 Å². The van der Waals surface area contributed by atoms with E-state index in [4.69, 9.17) is 0 Å². The summed E-state index contributed by atoms with van der Waals surface area (Å²) >= 11 is 0. The van der Waals surface area contributed by atoms with Crippen molar-refractivity contribution in [3.63, 3.8) is 0 Å². The highest BCUT2D eigenvalue weighted by atomic mass is 19.1. The zero-order valence-corrected chi connectivity index (χ0v) is 14.2. The van der Waals surface area contributed by atoms with E-state index in [-0.39, 0.29) is 29.6 Å². The maximum Gasteiger partial charge on any atom is 0.223 e. The molecule has 2 unspecified atom stereocenters. The third kappa shape index (κ3) is 5.03. The quantitative estimate of drug-likeness (QED) is 0.864. The fraction of sp³-hybridized carbons (Fsp3) is 0.556. The fourth-order valence-electron chi connectivity index (χ4n) is 3.03. The largest absolute Gasteiger partial charge is 0.388 e. The number of amides is 2. The molecule has 5 nitrogen and oxygen atoms in total. The summed E-state index contributed by atoms with van der Waals surface area (Å²) in [5, 5.41) is 13.1. The van der Waals surface area contributed by atoms with Crippen molar-refractivity contribution in [3.05, 3.63) is 35.6 Å². The van der Waals surface area contributed by atoms with Crippen molar-refractivity contribution in [1.82, 2.24) is 10.2 Å². The number of hydrogen-bond donors (Lipinski definition) is 2. The SMILES string of the molecule is CC(=O)N1CCC(C(=O)NC(C)CC(O)c2ccc(F)cc2)CC1. The topological polar surface area (TPSA) is 69.6 Å². The fourth-order valence-corrected chi connectivity index (χ4v) is 3.03. The molecular weight excluding hydrogens is 311 g/mol. The Kier molecular flexibility index (Phi) is 6.31. The van der Waals surface area contributed by atoms with Crippen LogP contribution in [0.3, 0.4) is 0 Å². The van der Waals surface area contributed by atoms with E-state index in [1.54, 1.807) is 24.0 Å². The molecule has 0 spiro atoms. The van der Waals surface area contributed by atoms with E-state index in [9.17, 15) is 19.1 Å². The molecule has 2 N–H and O–H groups in total. The summed E-state index contributed by atoms with van der Waals surface area (Å²) in [6.07, 6.45) is 0.946. The van der Waals surface area contributed by atoms with Gasteiger partial charge in [0.1, 0.15) is 5.82 Å². The highest BCUT2D eigenvalue weighted by Crippen LogP contribution is 2.20. The van der Waals surface area contributed by atoms with Gasteiger partial charge in [0.2, 0.25) is 11.8 Å². The molecule has 2 amide bonds. The summed E-state index contributed by atoms with van der Waals surface area (Å²) in [5.41, 5.74) is 0.632. The van der Waals surface area contributed by atoms with E-state index in [0.717, 1.165) is 0 Å². The third-order valence-electron chi connectivity index (χ3n) is 4.53. The van der Waals surface area contributed by atoms with Crippen molar-refractivity contribution < 1.29 is 19.1 Å². The molecule has 2 atom stereocenters. The maximum absolute atomic E-state index is 12.9. The van der Waals surface area contributed by atoms with Crippen LogP contribution in [0.5, 0.6) is 0 Å². The first kappa shape index (κ1) is 18.4. The normalized spacial score (nSPS) is 18.1. The first-order chi connectivity index (χ1) is 11.4. The van der Waals surface area contributed by atoms with Crippen LogP contribution < -0.4 is 5.32 Å². The number of aliphatic hydroxyl groups is 1. The summed E-state index contributed by atoms with van der Waals surface area (Å²) in [4.78, 5) is 25.4. The second-order valence-corrected chi connectivity index (χ2v) is 6.49. The summed E-state index contributed by atoms with van der Waals surface area (Å²) in [6.45, 7) is 4.61. The van der Waals surface area contributed by atoms with E-state index in [1.165, 1.54) is 12.1 Å². The number of carbonyl (C=O) groups excluding carboxylic acids is 2. The predicted molar refractivity (Wildman–Crippen MR) is 88.6 cm³/mol. The number of rotatable bonds is 5. The van der Waals surface area contributed by atoms with E-state index in [2.05, 4.69) is 5.32 Å². The van der Waals surface area contributed by atoms with Crippen molar-refractivity contribution in [1.29, 1.82) is 0 Å². The van der Waals surface area contributed by atoms with E-state index in [0.29, 0.717) is 37.9 Å². The van der Waals surface area contributed by atoms with Crippen LogP contribution in [0.2, 0.25) is 0 Å². The highest BCUT2D eigenvalue weighted by Gasteiger charge is 2.27. The summed E-state index contributed by atoms with van der Waals surface area (Å²) in [7, 11) is 0. The standard InChI is InChI=1S/C18H25FN2O3/c1-12(11-17(23)14-3-5-16(19)6-4-14)20-18(24)15-7-9-21(10-8-15)13(2)22/h3-6,12,15,17,23H,7-11H2,1-2H3,(H,20,24). The molecule has 0 aromatic heterocycles. The number of hydrogen-bond acceptors (Lipinski definition) is 3. The number of likely N-dealkylation sites (tertiary alicyclic amines) is 1. The molecule has 0 bridgehead atoms. The molecule has 1 aromatic carbocycles. The molecule has 0 radical (unpaired) electrons. The minimum Gasteiger partial charge on any atom is -0.388 e. The van der Waals surface area contributed by atoms with Gasteiger partial charge >= 0.3 is 0 Å². The Morgan fingerprint density at radius 2 is 1.88 bits per heavy atom. The Hall–Kier alpha value is -1.95. The van der Waals surface area contributed by atoms with Crippen molar-refractivity contribution in [3.8, 4) is 0 Å². The zero-order chi connectivity index (χ0) is 17.7. The smallest absolute Gasteiger partial charge is 0.223 e. The molecule has 24 heavy (non-hydrogen) atoms. The second-order valence-electron chi connectivity index (χ2n) is 6.49. The van der Waals surface area contributed by atoms with Crippen LogP contribution in [0.25, 0.3) is 0 Å². The van der Waals surface area contributed by atoms with Crippen LogP contribution in [0.4, 0.5) is 4.39 Å². The van der Waals surface area contributed by atoms with E-state index < -0.39 is 6.10 Å². The summed E-state index contributed by atoms with van der Waals surface area (Å²) in [6, 6.07) is 5.52. The Morgan fingerprint density at radius 1 is 1.29 bits per heavy atom. The predicted octanol–water partition coefficient (Wildman–Crippen LogP) is 2.01. The van der Waals surface area contributed by atoms with Crippen LogP contribution in [0, 0.1) is 11.7 Å². The van der Waals surface area contributed by atoms with Crippen molar-refractivity contribution >= 4 is 11.8 Å². The van der Waals surface area contributed by atoms with Gasteiger partial charge in [-0.3, -0.25) is 9.59 Å². The van der Waals surface area contributed by atoms with Crippen LogP contribution >= 0.6 is 0 Å². The van der Waals surface area contributed by atoms with Gasteiger partial charge in [0.25, 0.3) is 0 Å².